The molecule has 0 saturated heterocycles. The topological polar surface area (TPSA) is 147 Å². The van der Waals surface area contributed by atoms with Crippen molar-refractivity contribution in [1.82, 2.24) is 25.6 Å². The van der Waals surface area contributed by atoms with E-state index < -0.39 is 0 Å². The molecule has 29 heavy (non-hydrogen) atoms. The Morgan fingerprint density at radius 2 is 1.03 bits per heavy atom. The summed E-state index contributed by atoms with van der Waals surface area (Å²) < 4.78 is 0. The van der Waals surface area contributed by atoms with E-state index in [1.54, 1.807) is 0 Å². The smallest absolute Gasteiger partial charge is 0.229 e. The molecule has 0 aliphatic heterocycles. The number of hydrogen-bond donors (Lipinski definition) is 5. The monoisotopic (exact) mass is 408 g/mol. The summed E-state index contributed by atoms with van der Waals surface area (Å²) in [5, 5.41) is 12.0. The number of carbonyl (C=O) groups excluding carboxylic acids is 2. The lowest BCUT2D eigenvalue weighted by Gasteiger charge is -2.09. The third kappa shape index (κ3) is 14.1. The molecule has 1 aromatic rings. The van der Waals surface area contributed by atoms with Crippen molar-refractivity contribution in [3.8, 4) is 0 Å². The van der Waals surface area contributed by atoms with Crippen LogP contribution >= 0.6 is 0 Å². The number of carbonyl (C=O) groups is 2. The van der Waals surface area contributed by atoms with Gasteiger partial charge in [0.1, 0.15) is 0 Å². The van der Waals surface area contributed by atoms with Crippen LogP contribution < -0.4 is 27.0 Å². The minimum Gasteiger partial charge on any atom is -0.368 e. The molecule has 0 aliphatic carbocycles. The Bertz CT molecular complexity index is 564. The van der Waals surface area contributed by atoms with Crippen LogP contribution in [0, 0.1) is 0 Å². The number of aromatic nitrogens is 3. The zero-order valence-electron chi connectivity index (χ0n) is 17.7. The molecule has 164 valence electrons. The molecule has 2 amide bonds. The number of nitrogen functional groups attached to an aromatic ring is 1. The number of hydrogen-bond acceptors (Lipinski definition) is 8. The fourth-order valence-electron chi connectivity index (χ4n) is 2.69. The van der Waals surface area contributed by atoms with E-state index in [9.17, 15) is 9.59 Å². The summed E-state index contributed by atoms with van der Waals surface area (Å²) in [5.74, 6) is 1.19. The number of unbranched alkanes of at least 4 members (excludes halogenated alkanes) is 6. The lowest BCUT2D eigenvalue weighted by Crippen LogP contribution is -2.20. The van der Waals surface area contributed by atoms with Gasteiger partial charge in [-0.3, -0.25) is 9.59 Å². The van der Waals surface area contributed by atoms with Gasteiger partial charge in [-0.1, -0.05) is 25.7 Å². The van der Waals surface area contributed by atoms with E-state index in [0.717, 1.165) is 77.5 Å². The molecule has 1 heterocycles. The number of nitrogens with one attached hydrogen (secondary N) is 4. The summed E-state index contributed by atoms with van der Waals surface area (Å²) in [4.78, 5) is 34.1. The maximum atomic E-state index is 10.8. The molecule has 10 nitrogen and oxygen atoms in total. The maximum absolute atomic E-state index is 10.8. The van der Waals surface area contributed by atoms with Crippen molar-refractivity contribution in [2.45, 2.75) is 65.2 Å². The molecule has 0 spiro atoms. The highest BCUT2D eigenvalue weighted by atomic mass is 16.2. The molecule has 0 fully saturated rings. The first-order valence-electron chi connectivity index (χ1n) is 10.5. The first-order valence-corrected chi connectivity index (χ1v) is 10.5. The zero-order valence-corrected chi connectivity index (χ0v) is 17.7. The number of amides is 2. The average Bonchev–Trinajstić information content (AvgIpc) is 2.65. The van der Waals surface area contributed by atoms with Crippen molar-refractivity contribution >= 4 is 29.7 Å². The molecule has 1 aromatic heterocycles. The first kappa shape index (κ1) is 24.4. The number of nitrogens with zero attached hydrogens (tertiary/aromatic N) is 3. The van der Waals surface area contributed by atoms with E-state index >= 15 is 0 Å². The predicted molar refractivity (Wildman–Crippen MR) is 116 cm³/mol. The standard InChI is InChI=1S/C19H36N8O2/c1-15(28)21-11-7-3-5-9-13-23-18-25-17(20)26-19(27-18)24-14-10-6-4-8-12-22-16(2)29/h3-14H2,1-2H3,(H,21,28)(H,22,29)(H4,20,23,24,25,26,27). The van der Waals surface area contributed by atoms with E-state index in [2.05, 4.69) is 36.2 Å². The Kier molecular flexibility index (Phi) is 12.9. The average molecular weight is 409 g/mol. The highest BCUT2D eigenvalue weighted by Crippen LogP contribution is 2.08. The SMILES string of the molecule is CC(=O)NCCCCCCNc1nc(N)nc(NCCCCCCNC(C)=O)n1. The Balaban J connectivity index is 2.14. The third-order valence-corrected chi connectivity index (χ3v) is 4.17. The van der Waals surface area contributed by atoms with Gasteiger partial charge >= 0.3 is 0 Å². The molecule has 0 unspecified atom stereocenters. The second-order valence-electron chi connectivity index (χ2n) is 6.99. The van der Waals surface area contributed by atoms with E-state index in [0.29, 0.717) is 11.9 Å². The Hall–Kier alpha value is -2.65. The minimum atomic E-state index is 0.0190. The van der Waals surface area contributed by atoms with Gasteiger partial charge in [-0.2, -0.15) is 15.0 Å². The lowest BCUT2D eigenvalue weighted by molar-refractivity contribution is -0.119. The van der Waals surface area contributed by atoms with Crippen molar-refractivity contribution < 1.29 is 9.59 Å². The van der Waals surface area contributed by atoms with Gasteiger partial charge < -0.3 is 27.0 Å². The molecule has 0 bridgehead atoms. The fraction of sp³-hybridized carbons (Fsp3) is 0.737. The van der Waals surface area contributed by atoms with Crippen LogP contribution in [-0.2, 0) is 9.59 Å². The molecule has 1 rings (SSSR count). The molecule has 0 radical (unpaired) electrons. The molecular weight excluding hydrogens is 372 g/mol. The van der Waals surface area contributed by atoms with E-state index in [4.69, 9.17) is 5.73 Å². The van der Waals surface area contributed by atoms with Crippen LogP contribution in [0.3, 0.4) is 0 Å². The summed E-state index contributed by atoms with van der Waals surface area (Å²) >= 11 is 0. The molecular formula is C19H36N8O2. The van der Waals surface area contributed by atoms with Crippen LogP contribution in [0.5, 0.6) is 0 Å². The van der Waals surface area contributed by atoms with Crippen LogP contribution in [0.15, 0.2) is 0 Å². The number of anilines is 3. The van der Waals surface area contributed by atoms with Gasteiger partial charge in [-0.25, -0.2) is 0 Å². The van der Waals surface area contributed by atoms with Gasteiger partial charge in [-0.15, -0.1) is 0 Å². The van der Waals surface area contributed by atoms with E-state index in [-0.39, 0.29) is 17.8 Å². The highest BCUT2D eigenvalue weighted by Gasteiger charge is 2.04. The van der Waals surface area contributed by atoms with Crippen LogP contribution in [0.2, 0.25) is 0 Å². The lowest BCUT2D eigenvalue weighted by atomic mass is 10.2. The third-order valence-electron chi connectivity index (χ3n) is 4.17. The summed E-state index contributed by atoms with van der Waals surface area (Å²) in [6.07, 6.45) is 8.23. The Morgan fingerprint density at radius 1 is 0.655 bits per heavy atom. The van der Waals surface area contributed by atoms with E-state index in [1.165, 1.54) is 13.8 Å². The second kappa shape index (κ2) is 15.3. The highest BCUT2D eigenvalue weighted by molar-refractivity contribution is 5.73. The quantitative estimate of drug-likeness (QED) is 0.260. The van der Waals surface area contributed by atoms with Crippen molar-refractivity contribution in [2.24, 2.45) is 0 Å². The predicted octanol–water partition coefficient (Wildman–Crippen LogP) is 1.67. The van der Waals surface area contributed by atoms with Crippen LogP contribution in [0.25, 0.3) is 0 Å². The Morgan fingerprint density at radius 3 is 1.41 bits per heavy atom. The number of nitrogens with two attached hydrogens (primary N) is 1. The Labute approximate surface area is 173 Å². The maximum Gasteiger partial charge on any atom is 0.229 e. The summed E-state index contributed by atoms with van der Waals surface area (Å²) in [7, 11) is 0. The molecule has 0 atom stereocenters. The molecule has 6 N–H and O–H groups in total. The largest absolute Gasteiger partial charge is 0.368 e. The van der Waals surface area contributed by atoms with Crippen LogP contribution in [-0.4, -0.2) is 52.9 Å². The first-order chi connectivity index (χ1) is 14.0. The van der Waals surface area contributed by atoms with Crippen molar-refractivity contribution in [1.29, 1.82) is 0 Å². The van der Waals surface area contributed by atoms with Crippen molar-refractivity contribution in [3.63, 3.8) is 0 Å². The second-order valence-corrected chi connectivity index (χ2v) is 6.99. The zero-order chi connectivity index (χ0) is 21.3. The van der Waals surface area contributed by atoms with E-state index in [1.807, 2.05) is 0 Å². The van der Waals surface area contributed by atoms with Gasteiger partial charge in [0, 0.05) is 40.0 Å². The molecule has 0 aliphatic rings. The normalized spacial score (nSPS) is 10.4. The van der Waals surface area contributed by atoms with Crippen LogP contribution in [0.1, 0.15) is 65.2 Å². The number of rotatable bonds is 16. The van der Waals surface area contributed by atoms with Gasteiger partial charge in [0.2, 0.25) is 29.7 Å². The van der Waals surface area contributed by atoms with Crippen molar-refractivity contribution in [3.05, 3.63) is 0 Å². The fourth-order valence-corrected chi connectivity index (χ4v) is 2.69. The molecule has 0 aromatic carbocycles. The van der Waals surface area contributed by atoms with Gasteiger partial charge in [-0.05, 0) is 25.7 Å². The molecule has 0 saturated carbocycles. The molecule has 10 heteroatoms. The summed E-state index contributed by atoms with van der Waals surface area (Å²) in [5.41, 5.74) is 5.77. The van der Waals surface area contributed by atoms with Crippen molar-refractivity contribution in [2.75, 3.05) is 42.5 Å². The van der Waals surface area contributed by atoms with Gasteiger partial charge in [0.15, 0.2) is 0 Å². The van der Waals surface area contributed by atoms with Crippen LogP contribution in [0.4, 0.5) is 17.8 Å². The summed E-state index contributed by atoms with van der Waals surface area (Å²) in [6, 6.07) is 0. The minimum absolute atomic E-state index is 0.0190. The van der Waals surface area contributed by atoms with Gasteiger partial charge in [0.05, 0.1) is 0 Å². The van der Waals surface area contributed by atoms with Gasteiger partial charge in [0.25, 0.3) is 0 Å². The summed E-state index contributed by atoms with van der Waals surface area (Å²) in [6.45, 7) is 6.05.